The average Bonchev–Trinajstić information content (AvgIpc) is 1.95. The fraction of sp³-hybridized carbons (Fsp3) is 0.600. The summed E-state index contributed by atoms with van der Waals surface area (Å²) in [6.45, 7) is 3.03. The molecule has 0 fully saturated rings. The van der Waals surface area contributed by atoms with E-state index in [1.807, 2.05) is 0 Å². The zero-order chi connectivity index (χ0) is 12.7. The minimum atomic E-state index is -3.69. The summed E-state index contributed by atoms with van der Waals surface area (Å²) in [6, 6.07) is 0. The van der Waals surface area contributed by atoms with Gasteiger partial charge in [0.1, 0.15) is 0 Å². The van der Waals surface area contributed by atoms with Crippen molar-refractivity contribution in [1.82, 2.24) is 10.9 Å². The molecule has 0 bridgehead atoms. The van der Waals surface area contributed by atoms with E-state index in [1.54, 1.807) is 6.92 Å². The summed E-state index contributed by atoms with van der Waals surface area (Å²) >= 11 is 24.9. The van der Waals surface area contributed by atoms with Crippen LogP contribution >= 0.6 is 59.6 Å². The van der Waals surface area contributed by atoms with Crippen LogP contribution in [0.3, 0.4) is 0 Å². The molecule has 0 saturated carbocycles. The summed E-state index contributed by atoms with van der Waals surface area (Å²) in [5, 5.41) is 0. The van der Waals surface area contributed by atoms with Gasteiger partial charge in [-0.3, -0.25) is 20.4 Å². The fourth-order valence-electron chi connectivity index (χ4n) is 0.246. The SMILES string of the molecule is CCC(=O)NNC(C)=O.ClP(Cl)(Cl)(Cl)Cl. The molecule has 0 heterocycles. The Hall–Kier alpha value is 0.820. The van der Waals surface area contributed by atoms with Gasteiger partial charge in [0.15, 0.2) is 0 Å². The van der Waals surface area contributed by atoms with E-state index >= 15 is 0 Å². The maximum atomic E-state index is 10.4. The van der Waals surface area contributed by atoms with Crippen LogP contribution in [0.1, 0.15) is 20.3 Å². The third-order valence-electron chi connectivity index (χ3n) is 0.699. The molecule has 15 heavy (non-hydrogen) atoms. The van der Waals surface area contributed by atoms with Crippen LogP contribution in [0.15, 0.2) is 0 Å². The predicted octanol–water partition coefficient (Wildman–Crippen LogP) is 3.87. The normalized spacial score (nSPS) is 12.6. The van der Waals surface area contributed by atoms with Crippen molar-refractivity contribution in [3.05, 3.63) is 0 Å². The number of nitrogens with one attached hydrogen (secondary N) is 2. The van der Waals surface area contributed by atoms with Gasteiger partial charge in [0.05, 0.1) is 0 Å². The summed E-state index contributed by atoms with van der Waals surface area (Å²) in [7, 11) is 0. The van der Waals surface area contributed by atoms with Crippen LogP contribution in [0.5, 0.6) is 0 Å². The molecule has 0 aliphatic carbocycles. The number of hydrazine groups is 1. The van der Waals surface area contributed by atoms with Crippen molar-refractivity contribution < 1.29 is 9.59 Å². The van der Waals surface area contributed by atoms with E-state index in [0.29, 0.717) is 6.42 Å². The van der Waals surface area contributed by atoms with E-state index < -0.39 is 3.37 Å². The maximum absolute atomic E-state index is 10.4. The van der Waals surface area contributed by atoms with Gasteiger partial charge >= 0.3 is 59.6 Å². The van der Waals surface area contributed by atoms with Gasteiger partial charge in [-0.2, -0.15) is 0 Å². The second-order valence-corrected chi connectivity index (χ2v) is 18.8. The van der Waals surface area contributed by atoms with E-state index in [9.17, 15) is 9.59 Å². The number of hydrogen-bond acceptors (Lipinski definition) is 2. The van der Waals surface area contributed by atoms with Gasteiger partial charge in [-0.05, 0) is 0 Å². The molecule has 0 aromatic carbocycles. The third-order valence-corrected chi connectivity index (χ3v) is 0.699. The molecule has 92 valence electrons. The van der Waals surface area contributed by atoms with E-state index in [-0.39, 0.29) is 11.8 Å². The van der Waals surface area contributed by atoms with Crippen molar-refractivity contribution in [2.24, 2.45) is 0 Å². The molecule has 0 aromatic rings. The van der Waals surface area contributed by atoms with Gasteiger partial charge in [-0.1, -0.05) is 6.92 Å². The predicted molar refractivity (Wildman–Crippen MR) is 68.4 cm³/mol. The van der Waals surface area contributed by atoms with Crippen LogP contribution in [0.25, 0.3) is 0 Å². The van der Waals surface area contributed by atoms with Crippen LogP contribution in [-0.2, 0) is 9.59 Å². The molecule has 0 atom stereocenters. The third kappa shape index (κ3) is 39.8. The Morgan fingerprint density at radius 3 is 1.60 bits per heavy atom. The quantitative estimate of drug-likeness (QED) is 0.563. The first-order chi connectivity index (χ1) is 6.40. The van der Waals surface area contributed by atoms with E-state index in [0.717, 1.165) is 0 Å². The van der Waals surface area contributed by atoms with Crippen LogP contribution in [0.4, 0.5) is 0 Å². The van der Waals surface area contributed by atoms with Crippen molar-refractivity contribution in [3.63, 3.8) is 0 Å². The summed E-state index contributed by atoms with van der Waals surface area (Å²) in [5.74, 6) is -0.456. The van der Waals surface area contributed by atoms with Crippen LogP contribution in [-0.4, -0.2) is 11.8 Å². The second kappa shape index (κ2) is 7.21. The number of halogens is 5. The van der Waals surface area contributed by atoms with Gasteiger partial charge in [-0.15, -0.1) is 0 Å². The molecule has 0 spiro atoms. The molecule has 0 saturated heterocycles. The Labute approximate surface area is 112 Å². The molecule has 0 aliphatic heterocycles. The summed E-state index contributed by atoms with van der Waals surface area (Å²) in [4.78, 5) is 20.5. The Kier molecular flexibility index (Phi) is 8.74. The van der Waals surface area contributed by atoms with Crippen molar-refractivity contribution in [2.45, 2.75) is 20.3 Å². The molecule has 2 N–H and O–H groups in total. The first-order valence-corrected chi connectivity index (χ1v) is 10.3. The first-order valence-electron chi connectivity index (χ1n) is 3.56. The number of amides is 2. The molecule has 2 amide bonds. The number of rotatable bonds is 1. The molecule has 0 rings (SSSR count). The fourth-order valence-corrected chi connectivity index (χ4v) is 0.246. The molecular weight excluding hydrogens is 328 g/mol. The Morgan fingerprint density at radius 2 is 1.40 bits per heavy atom. The number of carbonyl (C=O) groups is 2. The standard InChI is InChI=1S/C5H10N2O2.Cl5P/c1-3-5(9)7-6-4(2)8;1-6(2,3,4)5/h3H2,1-2H3,(H,6,8)(H,7,9);. The zero-order valence-electron chi connectivity index (χ0n) is 7.86. The van der Waals surface area contributed by atoms with Gasteiger partial charge in [0.2, 0.25) is 11.8 Å². The molecule has 0 unspecified atom stereocenters. The molecule has 10 heteroatoms. The Balaban J connectivity index is 0. The van der Waals surface area contributed by atoms with Gasteiger partial charge < -0.3 is 0 Å². The summed E-state index contributed by atoms with van der Waals surface area (Å²) in [6.07, 6.45) is 0.375. The number of hydrogen-bond donors (Lipinski definition) is 2. The summed E-state index contributed by atoms with van der Waals surface area (Å²) < 4.78 is -3.69. The molecule has 0 aromatic heterocycles. The van der Waals surface area contributed by atoms with Crippen LogP contribution in [0.2, 0.25) is 0 Å². The minimum absolute atomic E-state index is 0.190. The Morgan fingerprint density at radius 1 is 1.07 bits per heavy atom. The zero-order valence-corrected chi connectivity index (χ0v) is 12.5. The monoisotopic (exact) mass is 336 g/mol. The molecular formula is C5H10Cl5N2O2P. The van der Waals surface area contributed by atoms with Crippen molar-refractivity contribution in [3.8, 4) is 0 Å². The first kappa shape index (κ1) is 18.2. The molecule has 0 radical (unpaired) electrons. The van der Waals surface area contributed by atoms with Crippen molar-refractivity contribution >= 4 is 71.4 Å². The van der Waals surface area contributed by atoms with Gasteiger partial charge in [0, 0.05) is 13.3 Å². The van der Waals surface area contributed by atoms with Crippen molar-refractivity contribution in [1.29, 1.82) is 0 Å². The van der Waals surface area contributed by atoms with E-state index in [2.05, 4.69) is 10.9 Å². The van der Waals surface area contributed by atoms with Crippen LogP contribution < -0.4 is 10.9 Å². The molecule has 0 aliphatic rings. The summed E-state index contributed by atoms with van der Waals surface area (Å²) in [5.41, 5.74) is 4.35. The number of carbonyl (C=O) groups excluding carboxylic acids is 2. The van der Waals surface area contributed by atoms with E-state index in [1.165, 1.54) is 6.92 Å². The Bertz CT molecular complexity index is 222. The molecule has 4 nitrogen and oxygen atoms in total. The van der Waals surface area contributed by atoms with Crippen molar-refractivity contribution in [2.75, 3.05) is 0 Å². The van der Waals surface area contributed by atoms with Gasteiger partial charge in [0.25, 0.3) is 0 Å². The average molecular weight is 338 g/mol. The van der Waals surface area contributed by atoms with Gasteiger partial charge in [-0.25, -0.2) is 0 Å². The second-order valence-electron chi connectivity index (χ2n) is 2.22. The van der Waals surface area contributed by atoms with Crippen LogP contribution in [0, 0.1) is 0 Å². The van der Waals surface area contributed by atoms with E-state index in [4.69, 9.17) is 56.2 Å². The topological polar surface area (TPSA) is 58.2 Å².